The number of hydrogen-bond donors (Lipinski definition) is 1. The highest BCUT2D eigenvalue weighted by Crippen LogP contribution is 2.22. The molecule has 0 aliphatic carbocycles. The Morgan fingerprint density at radius 3 is 2.65 bits per heavy atom. The van der Waals surface area contributed by atoms with Gasteiger partial charge in [0.25, 0.3) is 5.91 Å². The molecule has 106 valence electrons. The molecule has 2 rings (SSSR count). The molecule has 0 aliphatic rings. The van der Waals surface area contributed by atoms with E-state index < -0.39 is 0 Å². The molecule has 0 saturated heterocycles. The first-order valence-corrected chi connectivity index (χ1v) is 6.49. The van der Waals surface area contributed by atoms with Crippen LogP contribution in [0.25, 0.3) is 0 Å². The Hall–Kier alpha value is -2.30. The van der Waals surface area contributed by atoms with Crippen LogP contribution in [0.3, 0.4) is 0 Å². The molecule has 0 aliphatic heterocycles. The lowest BCUT2D eigenvalue weighted by atomic mass is 10.1. The molecule has 1 heterocycles. The number of aryl methyl sites for hydroxylation is 2. The molecule has 5 nitrogen and oxygen atoms in total. The maximum absolute atomic E-state index is 12.0. The first-order chi connectivity index (χ1) is 9.58. The summed E-state index contributed by atoms with van der Waals surface area (Å²) in [6.07, 6.45) is 3.40. The number of H-pyrrole nitrogens is 1. The van der Waals surface area contributed by atoms with E-state index in [9.17, 15) is 4.79 Å². The van der Waals surface area contributed by atoms with Gasteiger partial charge in [-0.1, -0.05) is 18.2 Å². The highest BCUT2D eigenvalue weighted by molar-refractivity contribution is 5.77. The van der Waals surface area contributed by atoms with Crippen LogP contribution in [-0.2, 0) is 11.3 Å². The molecule has 2 aromatic rings. The number of benzene rings is 1. The molecule has 20 heavy (non-hydrogen) atoms. The number of hydrogen-bond acceptors (Lipinski definition) is 3. The van der Waals surface area contributed by atoms with E-state index in [-0.39, 0.29) is 12.5 Å². The van der Waals surface area contributed by atoms with Crippen molar-refractivity contribution in [2.45, 2.75) is 20.4 Å². The third-order valence-corrected chi connectivity index (χ3v) is 3.12. The summed E-state index contributed by atoms with van der Waals surface area (Å²) in [7, 11) is 1.74. The monoisotopic (exact) mass is 273 g/mol. The zero-order chi connectivity index (χ0) is 14.5. The Kier molecular flexibility index (Phi) is 4.40. The van der Waals surface area contributed by atoms with E-state index in [0.29, 0.717) is 6.54 Å². The number of imidazole rings is 1. The number of amides is 1. The summed E-state index contributed by atoms with van der Waals surface area (Å²) in [5.41, 5.74) is 2.07. The predicted molar refractivity (Wildman–Crippen MR) is 76.5 cm³/mol. The molecule has 1 amide bonds. The summed E-state index contributed by atoms with van der Waals surface area (Å²) in [6, 6.07) is 5.92. The molecule has 1 aromatic carbocycles. The van der Waals surface area contributed by atoms with Crippen molar-refractivity contribution in [2.75, 3.05) is 13.7 Å². The van der Waals surface area contributed by atoms with Gasteiger partial charge in [0.2, 0.25) is 0 Å². The molecule has 1 N–H and O–H groups in total. The van der Waals surface area contributed by atoms with Crippen LogP contribution in [0.15, 0.2) is 30.6 Å². The van der Waals surface area contributed by atoms with E-state index in [1.54, 1.807) is 24.3 Å². The summed E-state index contributed by atoms with van der Waals surface area (Å²) in [5, 5.41) is 0. The average molecular weight is 273 g/mol. The molecule has 1 aromatic heterocycles. The summed E-state index contributed by atoms with van der Waals surface area (Å²) < 4.78 is 5.65. The van der Waals surface area contributed by atoms with Crippen molar-refractivity contribution in [3.63, 3.8) is 0 Å². The van der Waals surface area contributed by atoms with Gasteiger partial charge >= 0.3 is 0 Å². The van der Waals surface area contributed by atoms with E-state index in [2.05, 4.69) is 9.97 Å². The SMILES string of the molecule is Cc1cccc(C)c1OCC(=O)N(C)Cc1ncc[nH]1. The van der Waals surface area contributed by atoms with Gasteiger partial charge in [-0.3, -0.25) is 4.79 Å². The van der Waals surface area contributed by atoms with Gasteiger partial charge in [-0.2, -0.15) is 0 Å². The van der Waals surface area contributed by atoms with Crippen LogP contribution >= 0.6 is 0 Å². The van der Waals surface area contributed by atoms with Crippen LogP contribution in [0.5, 0.6) is 5.75 Å². The van der Waals surface area contributed by atoms with Crippen molar-refractivity contribution in [2.24, 2.45) is 0 Å². The number of nitrogens with zero attached hydrogens (tertiary/aromatic N) is 2. The lowest BCUT2D eigenvalue weighted by Crippen LogP contribution is -2.31. The van der Waals surface area contributed by atoms with Gasteiger partial charge in [0, 0.05) is 19.4 Å². The number of para-hydroxylation sites is 1. The van der Waals surface area contributed by atoms with Crippen LogP contribution < -0.4 is 4.74 Å². The van der Waals surface area contributed by atoms with Gasteiger partial charge < -0.3 is 14.6 Å². The van der Waals surface area contributed by atoms with E-state index in [4.69, 9.17) is 4.74 Å². The number of ether oxygens (including phenoxy) is 1. The Morgan fingerprint density at radius 1 is 1.35 bits per heavy atom. The lowest BCUT2D eigenvalue weighted by molar-refractivity contribution is -0.132. The lowest BCUT2D eigenvalue weighted by Gasteiger charge is -2.17. The number of aromatic amines is 1. The van der Waals surface area contributed by atoms with Gasteiger partial charge in [-0.25, -0.2) is 4.98 Å². The van der Waals surface area contributed by atoms with Crippen molar-refractivity contribution < 1.29 is 9.53 Å². The van der Waals surface area contributed by atoms with Gasteiger partial charge in [-0.05, 0) is 25.0 Å². The van der Waals surface area contributed by atoms with Gasteiger partial charge in [0.1, 0.15) is 11.6 Å². The average Bonchev–Trinajstić information content (AvgIpc) is 2.90. The second kappa shape index (κ2) is 6.23. The fourth-order valence-corrected chi connectivity index (χ4v) is 1.97. The normalized spacial score (nSPS) is 10.3. The number of carbonyl (C=O) groups is 1. The topological polar surface area (TPSA) is 58.2 Å². The van der Waals surface area contributed by atoms with Crippen molar-refractivity contribution in [1.29, 1.82) is 0 Å². The zero-order valence-corrected chi connectivity index (χ0v) is 12.0. The molecule has 0 radical (unpaired) electrons. The number of likely N-dealkylation sites (N-methyl/N-ethyl adjacent to an activating group) is 1. The predicted octanol–water partition coefficient (Wildman–Crippen LogP) is 2.06. The van der Waals surface area contributed by atoms with Crippen LogP contribution in [0, 0.1) is 13.8 Å². The maximum atomic E-state index is 12.0. The summed E-state index contributed by atoms with van der Waals surface area (Å²) in [6.45, 7) is 4.42. The second-order valence-corrected chi connectivity index (χ2v) is 4.80. The molecule has 0 spiro atoms. The van der Waals surface area contributed by atoms with Crippen LogP contribution in [0.2, 0.25) is 0 Å². The fraction of sp³-hybridized carbons (Fsp3) is 0.333. The standard InChI is InChI=1S/C15H19N3O2/c1-11-5-4-6-12(2)15(11)20-10-14(19)18(3)9-13-16-7-8-17-13/h4-8H,9-10H2,1-3H3,(H,16,17). The van der Waals surface area contributed by atoms with E-state index in [1.165, 1.54) is 0 Å². The number of nitrogens with one attached hydrogen (secondary N) is 1. The van der Waals surface area contributed by atoms with Crippen LogP contribution in [-0.4, -0.2) is 34.4 Å². The van der Waals surface area contributed by atoms with Crippen LogP contribution in [0.1, 0.15) is 17.0 Å². The quantitative estimate of drug-likeness (QED) is 0.907. The molecule has 0 unspecified atom stereocenters. The highest BCUT2D eigenvalue weighted by atomic mass is 16.5. The summed E-state index contributed by atoms with van der Waals surface area (Å²) in [5.74, 6) is 1.46. The molecular formula is C15H19N3O2. The molecule has 0 fully saturated rings. The Labute approximate surface area is 118 Å². The second-order valence-electron chi connectivity index (χ2n) is 4.80. The van der Waals surface area contributed by atoms with E-state index in [1.807, 2.05) is 32.0 Å². The zero-order valence-electron chi connectivity index (χ0n) is 12.0. The first kappa shape index (κ1) is 14.1. The maximum Gasteiger partial charge on any atom is 0.260 e. The third kappa shape index (κ3) is 3.38. The van der Waals surface area contributed by atoms with Crippen molar-refractivity contribution in [3.05, 3.63) is 47.5 Å². The van der Waals surface area contributed by atoms with Crippen molar-refractivity contribution >= 4 is 5.91 Å². The van der Waals surface area contributed by atoms with Gasteiger partial charge in [-0.15, -0.1) is 0 Å². The Morgan fingerprint density at radius 2 is 2.05 bits per heavy atom. The summed E-state index contributed by atoms with van der Waals surface area (Å²) in [4.78, 5) is 20.7. The van der Waals surface area contributed by atoms with E-state index >= 15 is 0 Å². The highest BCUT2D eigenvalue weighted by Gasteiger charge is 2.12. The molecule has 5 heteroatoms. The smallest absolute Gasteiger partial charge is 0.260 e. The number of aromatic nitrogens is 2. The van der Waals surface area contributed by atoms with Crippen LogP contribution in [0.4, 0.5) is 0 Å². The fourth-order valence-electron chi connectivity index (χ4n) is 1.97. The Balaban J connectivity index is 1.91. The number of rotatable bonds is 5. The van der Waals surface area contributed by atoms with Gasteiger partial charge in [0.05, 0.1) is 6.54 Å². The largest absolute Gasteiger partial charge is 0.483 e. The minimum absolute atomic E-state index is 0.0307. The minimum atomic E-state index is -0.0796. The molecule has 0 bridgehead atoms. The minimum Gasteiger partial charge on any atom is -0.483 e. The molecular weight excluding hydrogens is 254 g/mol. The third-order valence-electron chi connectivity index (χ3n) is 3.12. The molecule has 0 saturated carbocycles. The molecule has 0 atom stereocenters. The van der Waals surface area contributed by atoms with Crippen molar-refractivity contribution in [1.82, 2.24) is 14.9 Å². The van der Waals surface area contributed by atoms with Crippen molar-refractivity contribution in [3.8, 4) is 5.75 Å². The van der Waals surface area contributed by atoms with Gasteiger partial charge in [0.15, 0.2) is 6.61 Å². The first-order valence-electron chi connectivity index (χ1n) is 6.49. The summed E-state index contributed by atoms with van der Waals surface area (Å²) >= 11 is 0. The Bertz CT molecular complexity index is 559. The van der Waals surface area contributed by atoms with E-state index in [0.717, 1.165) is 22.7 Å². The number of carbonyl (C=O) groups excluding carboxylic acids is 1.